The van der Waals surface area contributed by atoms with E-state index in [1.165, 1.54) is 0 Å². The van der Waals surface area contributed by atoms with E-state index in [0.717, 1.165) is 16.8 Å². The first-order chi connectivity index (χ1) is 16.1. The zero-order valence-corrected chi connectivity index (χ0v) is 21.1. The molecule has 34 heavy (non-hydrogen) atoms. The molecule has 0 saturated carbocycles. The first-order valence-electron chi connectivity index (χ1n) is 11.1. The molecule has 0 unspecified atom stereocenters. The average Bonchev–Trinajstić information content (AvgIpc) is 2.77. The molecule has 5 nitrogen and oxygen atoms in total. The minimum Gasteiger partial charge on any atom is -0.484 e. The topological polar surface area (TPSA) is 67.4 Å². The third kappa shape index (κ3) is 6.75. The van der Waals surface area contributed by atoms with E-state index in [9.17, 15) is 9.59 Å². The highest BCUT2D eigenvalue weighted by Gasteiger charge is 2.17. The summed E-state index contributed by atoms with van der Waals surface area (Å²) in [6.45, 7) is 8.24. The Morgan fingerprint density at radius 2 is 1.38 bits per heavy atom. The molecule has 0 aliphatic carbocycles. The van der Waals surface area contributed by atoms with Crippen molar-refractivity contribution in [1.29, 1.82) is 0 Å². The molecule has 3 aromatic carbocycles. The number of nitrogens with one attached hydrogen (secondary N) is 2. The van der Waals surface area contributed by atoms with Crippen molar-refractivity contribution >= 4 is 46.4 Å². The number of ether oxygens (including phenoxy) is 1. The normalized spacial score (nSPS) is 10.9. The molecule has 0 fully saturated rings. The summed E-state index contributed by atoms with van der Waals surface area (Å²) in [5, 5.41) is 6.63. The summed E-state index contributed by atoms with van der Waals surface area (Å²) in [6.07, 6.45) is 0. The van der Waals surface area contributed by atoms with E-state index in [-0.39, 0.29) is 30.3 Å². The van der Waals surface area contributed by atoms with Crippen LogP contribution in [0.4, 0.5) is 11.4 Å². The first-order valence-corrected chi connectivity index (χ1v) is 11.8. The summed E-state index contributed by atoms with van der Waals surface area (Å²) >= 11 is 11.9. The van der Waals surface area contributed by atoms with E-state index >= 15 is 0 Å². The third-order valence-corrected chi connectivity index (χ3v) is 5.68. The molecule has 3 aromatic rings. The van der Waals surface area contributed by atoms with E-state index in [4.69, 9.17) is 27.9 Å². The van der Waals surface area contributed by atoms with Crippen LogP contribution < -0.4 is 15.4 Å². The lowest BCUT2D eigenvalue weighted by Gasteiger charge is -2.20. The first kappa shape index (κ1) is 25.6. The number of amides is 2. The Bertz CT molecular complexity index is 1130. The highest BCUT2D eigenvalue weighted by molar-refractivity contribution is 6.35. The van der Waals surface area contributed by atoms with Gasteiger partial charge in [0.2, 0.25) is 0 Å². The van der Waals surface area contributed by atoms with Crippen LogP contribution in [-0.2, 0) is 4.79 Å². The Kier molecular flexibility index (Phi) is 8.59. The number of hydrogen-bond donors (Lipinski definition) is 2. The van der Waals surface area contributed by atoms with Crippen molar-refractivity contribution in [3.8, 4) is 5.75 Å². The number of halogens is 2. The molecule has 0 atom stereocenters. The second kappa shape index (κ2) is 11.4. The van der Waals surface area contributed by atoms with E-state index in [2.05, 4.69) is 38.3 Å². The van der Waals surface area contributed by atoms with Crippen molar-refractivity contribution in [1.82, 2.24) is 0 Å². The molecule has 2 N–H and O–H groups in total. The highest BCUT2D eigenvalue weighted by atomic mass is 35.5. The molecule has 7 heteroatoms. The molecule has 2 amide bonds. The number of carbonyl (C=O) groups is 2. The zero-order chi connectivity index (χ0) is 24.8. The van der Waals surface area contributed by atoms with Gasteiger partial charge in [-0.15, -0.1) is 0 Å². The van der Waals surface area contributed by atoms with Crippen LogP contribution in [0.15, 0.2) is 60.7 Å². The fraction of sp³-hybridized carbons (Fsp3) is 0.259. The Morgan fingerprint density at radius 1 is 0.824 bits per heavy atom. The molecule has 178 valence electrons. The number of para-hydroxylation sites is 1. The van der Waals surface area contributed by atoms with Crippen LogP contribution in [0.5, 0.6) is 5.75 Å². The molecule has 0 aliphatic heterocycles. The van der Waals surface area contributed by atoms with Gasteiger partial charge in [0.1, 0.15) is 5.75 Å². The van der Waals surface area contributed by atoms with Crippen LogP contribution in [0, 0.1) is 0 Å². The van der Waals surface area contributed by atoms with E-state index in [1.54, 1.807) is 42.5 Å². The van der Waals surface area contributed by atoms with Gasteiger partial charge in [0.15, 0.2) is 6.61 Å². The van der Waals surface area contributed by atoms with E-state index in [1.807, 2.05) is 18.2 Å². The smallest absolute Gasteiger partial charge is 0.262 e. The molecule has 0 heterocycles. The summed E-state index contributed by atoms with van der Waals surface area (Å²) in [4.78, 5) is 25.1. The quantitative estimate of drug-likeness (QED) is 0.337. The largest absolute Gasteiger partial charge is 0.484 e. The Balaban J connectivity index is 1.63. The van der Waals surface area contributed by atoms with Gasteiger partial charge < -0.3 is 15.4 Å². The highest BCUT2D eigenvalue weighted by Crippen LogP contribution is 2.32. The van der Waals surface area contributed by atoms with Gasteiger partial charge in [0.25, 0.3) is 11.8 Å². The molecular weight excluding hydrogens is 471 g/mol. The Morgan fingerprint density at radius 3 is 1.91 bits per heavy atom. The minimum absolute atomic E-state index is 0.197. The lowest BCUT2D eigenvalue weighted by atomic mass is 9.92. The van der Waals surface area contributed by atoms with Crippen LogP contribution >= 0.6 is 23.2 Å². The van der Waals surface area contributed by atoms with Gasteiger partial charge >= 0.3 is 0 Å². The molecule has 0 aliphatic rings. The van der Waals surface area contributed by atoms with Gasteiger partial charge in [-0.2, -0.15) is 0 Å². The van der Waals surface area contributed by atoms with Crippen molar-refractivity contribution in [2.24, 2.45) is 0 Å². The molecule has 0 spiro atoms. The number of carbonyl (C=O) groups excluding carboxylic acids is 2. The van der Waals surface area contributed by atoms with Crippen LogP contribution in [0.3, 0.4) is 0 Å². The summed E-state index contributed by atoms with van der Waals surface area (Å²) in [7, 11) is 0. The predicted molar refractivity (Wildman–Crippen MR) is 140 cm³/mol. The molecule has 0 saturated heterocycles. The summed E-state index contributed by atoms with van der Waals surface area (Å²) in [6, 6.07) is 17.6. The zero-order valence-electron chi connectivity index (χ0n) is 19.6. The lowest BCUT2D eigenvalue weighted by molar-refractivity contribution is -0.118. The van der Waals surface area contributed by atoms with Crippen LogP contribution in [0.25, 0.3) is 0 Å². The minimum atomic E-state index is -0.355. The Labute approximate surface area is 210 Å². The van der Waals surface area contributed by atoms with Crippen LogP contribution in [0.1, 0.15) is 61.0 Å². The van der Waals surface area contributed by atoms with E-state index in [0.29, 0.717) is 27.0 Å². The van der Waals surface area contributed by atoms with Crippen molar-refractivity contribution in [2.45, 2.75) is 39.5 Å². The van der Waals surface area contributed by atoms with Crippen LogP contribution in [-0.4, -0.2) is 18.4 Å². The van der Waals surface area contributed by atoms with Crippen molar-refractivity contribution in [3.63, 3.8) is 0 Å². The molecule has 3 rings (SSSR count). The van der Waals surface area contributed by atoms with Gasteiger partial charge in [0.05, 0.1) is 0 Å². The van der Waals surface area contributed by atoms with Crippen molar-refractivity contribution < 1.29 is 14.3 Å². The lowest BCUT2D eigenvalue weighted by Crippen LogP contribution is -2.20. The maximum Gasteiger partial charge on any atom is 0.262 e. The van der Waals surface area contributed by atoms with Gasteiger partial charge in [-0.25, -0.2) is 0 Å². The second-order valence-electron chi connectivity index (χ2n) is 8.59. The number of rotatable bonds is 8. The van der Waals surface area contributed by atoms with Gasteiger partial charge in [-0.05, 0) is 65.4 Å². The van der Waals surface area contributed by atoms with Crippen LogP contribution in [0.2, 0.25) is 10.0 Å². The third-order valence-electron chi connectivity index (χ3n) is 5.24. The number of hydrogen-bond acceptors (Lipinski definition) is 3. The molecule has 0 bridgehead atoms. The Hall–Kier alpha value is -3.02. The van der Waals surface area contributed by atoms with Crippen molar-refractivity contribution in [2.75, 3.05) is 17.2 Å². The standard InChI is InChI=1S/C27H28Cl2N2O3/c1-16(2)23-6-5-7-24(17(3)4)26(23)31-27(33)18-8-10-22(11-9-18)34-15-25(32)30-21-13-19(28)12-20(29)14-21/h5-14,16-17H,15H2,1-4H3,(H,30,32)(H,31,33). The molecule has 0 aromatic heterocycles. The van der Waals surface area contributed by atoms with Gasteiger partial charge in [-0.3, -0.25) is 9.59 Å². The maximum absolute atomic E-state index is 13.0. The summed E-state index contributed by atoms with van der Waals surface area (Å²) in [5.74, 6) is 0.475. The maximum atomic E-state index is 13.0. The van der Waals surface area contributed by atoms with E-state index < -0.39 is 0 Å². The number of anilines is 2. The molecular formula is C27H28Cl2N2O3. The van der Waals surface area contributed by atoms with Gasteiger partial charge in [0, 0.05) is 27.0 Å². The molecule has 0 radical (unpaired) electrons. The fourth-order valence-corrected chi connectivity index (χ4v) is 4.08. The SMILES string of the molecule is CC(C)c1cccc(C(C)C)c1NC(=O)c1ccc(OCC(=O)Nc2cc(Cl)cc(Cl)c2)cc1. The average molecular weight is 499 g/mol. The fourth-order valence-electron chi connectivity index (χ4n) is 3.56. The summed E-state index contributed by atoms with van der Waals surface area (Å²) < 4.78 is 5.54. The summed E-state index contributed by atoms with van der Waals surface area (Å²) in [5.41, 5.74) is 4.06. The monoisotopic (exact) mass is 498 g/mol. The van der Waals surface area contributed by atoms with Gasteiger partial charge in [-0.1, -0.05) is 69.1 Å². The van der Waals surface area contributed by atoms with Crippen molar-refractivity contribution in [3.05, 3.63) is 87.4 Å². The second-order valence-corrected chi connectivity index (χ2v) is 9.47. The number of benzene rings is 3. The predicted octanol–water partition coefficient (Wildman–Crippen LogP) is 7.51.